The maximum atomic E-state index is 11.6. The largest absolute Gasteiger partial charge is 0.378 e. The topological polar surface area (TPSA) is 41.9 Å². The van der Waals surface area contributed by atoms with Crippen molar-refractivity contribution >= 4 is 11.4 Å². The molecule has 0 atom stereocenters. The van der Waals surface area contributed by atoms with Gasteiger partial charge in [-0.2, -0.15) is 0 Å². The summed E-state index contributed by atoms with van der Waals surface area (Å²) in [4.78, 5) is 13.8. The van der Waals surface area contributed by atoms with E-state index in [9.17, 15) is 4.91 Å². The summed E-state index contributed by atoms with van der Waals surface area (Å²) in [6.07, 6.45) is 0. The Labute approximate surface area is 130 Å². The second-order valence-corrected chi connectivity index (χ2v) is 5.12. The Balaban J connectivity index is 2.14. The minimum Gasteiger partial charge on any atom is -0.378 e. The third kappa shape index (κ3) is 3.07. The SMILES string of the molecule is O=N/C(=C(/c1ccccc1)N1CCOCC1)c1ccccc1. The number of rotatable bonds is 4. The summed E-state index contributed by atoms with van der Waals surface area (Å²) in [7, 11) is 0. The molecule has 2 aromatic rings. The predicted octanol–water partition coefficient (Wildman–Crippen LogP) is 3.61. The Hall–Kier alpha value is -2.46. The van der Waals surface area contributed by atoms with Crippen molar-refractivity contribution in [1.29, 1.82) is 0 Å². The zero-order valence-electron chi connectivity index (χ0n) is 12.3. The van der Waals surface area contributed by atoms with Crippen molar-refractivity contribution < 1.29 is 4.74 Å². The Morgan fingerprint density at radius 3 is 1.95 bits per heavy atom. The van der Waals surface area contributed by atoms with Crippen LogP contribution in [0.15, 0.2) is 65.8 Å². The van der Waals surface area contributed by atoms with Crippen molar-refractivity contribution in [2.24, 2.45) is 5.18 Å². The molecule has 1 heterocycles. The molecule has 1 saturated heterocycles. The molecule has 0 aromatic heterocycles. The van der Waals surface area contributed by atoms with Crippen molar-refractivity contribution in [3.8, 4) is 0 Å². The molecule has 0 aliphatic carbocycles. The first-order valence-corrected chi connectivity index (χ1v) is 7.41. The molecule has 1 fully saturated rings. The van der Waals surface area contributed by atoms with E-state index in [0.717, 1.165) is 29.9 Å². The summed E-state index contributed by atoms with van der Waals surface area (Å²) in [5, 5.41) is 3.36. The molecule has 0 unspecified atom stereocenters. The number of nitrogens with zero attached hydrogens (tertiary/aromatic N) is 2. The van der Waals surface area contributed by atoms with E-state index in [1.54, 1.807) is 0 Å². The number of nitroso groups, excluding NO2 is 1. The van der Waals surface area contributed by atoms with Crippen molar-refractivity contribution in [2.75, 3.05) is 26.3 Å². The van der Waals surface area contributed by atoms with Crippen molar-refractivity contribution in [2.45, 2.75) is 0 Å². The lowest BCUT2D eigenvalue weighted by Gasteiger charge is -2.32. The molecule has 0 N–H and O–H groups in total. The first-order chi connectivity index (χ1) is 10.9. The van der Waals surface area contributed by atoms with E-state index < -0.39 is 0 Å². The minimum absolute atomic E-state index is 0.480. The van der Waals surface area contributed by atoms with Crippen LogP contribution in [-0.2, 0) is 4.74 Å². The van der Waals surface area contributed by atoms with Gasteiger partial charge in [0.2, 0.25) is 0 Å². The van der Waals surface area contributed by atoms with Gasteiger partial charge in [0.25, 0.3) is 0 Å². The second kappa shape index (κ2) is 7.00. The number of ether oxygens (including phenoxy) is 1. The van der Waals surface area contributed by atoms with Crippen LogP contribution in [0.5, 0.6) is 0 Å². The van der Waals surface area contributed by atoms with Gasteiger partial charge in [-0.3, -0.25) is 0 Å². The zero-order valence-corrected chi connectivity index (χ0v) is 12.3. The lowest BCUT2D eigenvalue weighted by molar-refractivity contribution is 0.0641. The van der Waals surface area contributed by atoms with Gasteiger partial charge < -0.3 is 9.64 Å². The third-order valence-corrected chi connectivity index (χ3v) is 3.74. The highest BCUT2D eigenvalue weighted by molar-refractivity contribution is 5.89. The Morgan fingerprint density at radius 1 is 0.864 bits per heavy atom. The first kappa shape index (κ1) is 14.5. The molecule has 0 amide bonds. The van der Waals surface area contributed by atoms with Crippen LogP contribution >= 0.6 is 0 Å². The summed E-state index contributed by atoms with van der Waals surface area (Å²) in [6.45, 7) is 2.85. The second-order valence-electron chi connectivity index (χ2n) is 5.12. The summed E-state index contributed by atoms with van der Waals surface area (Å²) < 4.78 is 5.43. The summed E-state index contributed by atoms with van der Waals surface area (Å²) in [5.41, 5.74) is 3.20. The smallest absolute Gasteiger partial charge is 0.139 e. The maximum absolute atomic E-state index is 11.6. The van der Waals surface area contributed by atoms with E-state index in [0.29, 0.717) is 18.9 Å². The van der Waals surface area contributed by atoms with Crippen LogP contribution in [0.3, 0.4) is 0 Å². The molecule has 3 rings (SSSR count). The van der Waals surface area contributed by atoms with Crippen LogP contribution in [0, 0.1) is 4.91 Å². The highest BCUT2D eigenvalue weighted by atomic mass is 16.5. The summed E-state index contributed by atoms with van der Waals surface area (Å²) >= 11 is 0. The quantitative estimate of drug-likeness (QED) is 0.639. The molecule has 112 valence electrons. The van der Waals surface area contributed by atoms with Crippen LogP contribution < -0.4 is 0 Å². The summed E-state index contributed by atoms with van der Waals surface area (Å²) in [6, 6.07) is 19.6. The molecule has 1 aliphatic rings. The highest BCUT2D eigenvalue weighted by Gasteiger charge is 2.21. The standard InChI is InChI=1S/C18H18N2O2/c21-19-17(15-7-3-1-4-8-15)18(16-9-5-2-6-10-16)20-11-13-22-14-12-20/h1-10H,11-14H2/b18-17-. The third-order valence-electron chi connectivity index (χ3n) is 3.74. The van der Waals surface area contributed by atoms with Crippen molar-refractivity contribution in [3.63, 3.8) is 0 Å². The number of hydrogen-bond donors (Lipinski definition) is 0. The van der Waals surface area contributed by atoms with Gasteiger partial charge in [-0.05, 0) is 5.18 Å². The Morgan fingerprint density at radius 2 is 1.41 bits per heavy atom. The van der Waals surface area contributed by atoms with Crippen LogP contribution in [0.4, 0.5) is 0 Å². The van der Waals surface area contributed by atoms with Gasteiger partial charge >= 0.3 is 0 Å². The van der Waals surface area contributed by atoms with Crippen LogP contribution in [0.2, 0.25) is 0 Å². The van der Waals surface area contributed by atoms with Gasteiger partial charge in [0.1, 0.15) is 5.70 Å². The normalized spacial score (nSPS) is 16.1. The molecule has 4 nitrogen and oxygen atoms in total. The van der Waals surface area contributed by atoms with Crippen LogP contribution in [0.25, 0.3) is 11.4 Å². The number of morpholine rings is 1. The molecular formula is C18H18N2O2. The molecule has 2 aromatic carbocycles. The zero-order chi connectivity index (χ0) is 15.2. The van der Waals surface area contributed by atoms with E-state index >= 15 is 0 Å². The van der Waals surface area contributed by atoms with Crippen LogP contribution in [-0.4, -0.2) is 31.2 Å². The molecule has 22 heavy (non-hydrogen) atoms. The van der Waals surface area contributed by atoms with E-state index in [-0.39, 0.29) is 0 Å². The average Bonchev–Trinajstić information content (AvgIpc) is 2.62. The van der Waals surface area contributed by atoms with Gasteiger partial charge in [0.15, 0.2) is 0 Å². The summed E-state index contributed by atoms with van der Waals surface area (Å²) in [5.74, 6) is 0. The fourth-order valence-electron chi connectivity index (χ4n) is 2.68. The van der Waals surface area contributed by atoms with Gasteiger partial charge in [0, 0.05) is 24.2 Å². The lowest BCUT2D eigenvalue weighted by Crippen LogP contribution is -2.35. The first-order valence-electron chi connectivity index (χ1n) is 7.41. The molecule has 1 aliphatic heterocycles. The van der Waals surface area contributed by atoms with Crippen molar-refractivity contribution in [1.82, 2.24) is 4.90 Å². The number of benzene rings is 2. The molecular weight excluding hydrogens is 276 g/mol. The Kier molecular flexibility index (Phi) is 4.61. The minimum atomic E-state index is 0.480. The van der Waals surface area contributed by atoms with Crippen molar-refractivity contribution in [3.05, 3.63) is 76.7 Å². The Bertz CT molecular complexity index is 647. The van der Waals surface area contributed by atoms with E-state index in [4.69, 9.17) is 4.74 Å². The highest BCUT2D eigenvalue weighted by Crippen LogP contribution is 2.30. The lowest BCUT2D eigenvalue weighted by atomic mass is 10.0. The van der Waals surface area contributed by atoms with Gasteiger partial charge in [-0.15, -0.1) is 4.91 Å². The molecule has 4 heteroatoms. The van der Waals surface area contributed by atoms with Gasteiger partial charge in [0.05, 0.1) is 18.9 Å². The molecule has 0 bridgehead atoms. The molecule has 0 saturated carbocycles. The average molecular weight is 294 g/mol. The van der Waals surface area contributed by atoms with Gasteiger partial charge in [-0.25, -0.2) is 0 Å². The van der Waals surface area contributed by atoms with Crippen LogP contribution in [0.1, 0.15) is 11.1 Å². The fraction of sp³-hybridized carbons (Fsp3) is 0.222. The van der Waals surface area contributed by atoms with Gasteiger partial charge in [-0.1, -0.05) is 60.7 Å². The van der Waals surface area contributed by atoms with E-state index in [1.165, 1.54) is 0 Å². The van der Waals surface area contributed by atoms with E-state index in [1.807, 2.05) is 60.7 Å². The maximum Gasteiger partial charge on any atom is 0.139 e. The molecule has 0 radical (unpaired) electrons. The molecule has 0 spiro atoms. The fourth-order valence-corrected chi connectivity index (χ4v) is 2.68. The van der Waals surface area contributed by atoms with E-state index in [2.05, 4.69) is 10.1 Å². The number of hydrogen-bond acceptors (Lipinski definition) is 4. The monoisotopic (exact) mass is 294 g/mol. The predicted molar refractivity (Wildman–Crippen MR) is 87.9 cm³/mol.